The molecule has 166 valence electrons. The predicted molar refractivity (Wildman–Crippen MR) is 129 cm³/mol. The first-order valence-electron chi connectivity index (χ1n) is 10.7. The number of amides is 1. The van der Waals surface area contributed by atoms with Crippen molar-refractivity contribution in [3.8, 4) is 11.3 Å². The van der Waals surface area contributed by atoms with Gasteiger partial charge in [-0.25, -0.2) is 4.52 Å². The molecule has 5 aromatic rings. The zero-order chi connectivity index (χ0) is 22.8. The van der Waals surface area contributed by atoms with Crippen molar-refractivity contribution in [2.45, 2.75) is 0 Å². The summed E-state index contributed by atoms with van der Waals surface area (Å²) in [6, 6.07) is 21.2. The number of hydrogen-bond acceptors (Lipinski definition) is 6. The highest BCUT2D eigenvalue weighted by molar-refractivity contribution is 5.95. The van der Waals surface area contributed by atoms with E-state index in [2.05, 4.69) is 26.8 Å². The monoisotopic (exact) mass is 440 g/mol. The lowest BCUT2D eigenvalue weighted by molar-refractivity contribution is 0.0951. The van der Waals surface area contributed by atoms with Crippen LogP contribution in [0.2, 0.25) is 0 Å². The third kappa shape index (κ3) is 4.42. The molecule has 2 aromatic carbocycles. The molecule has 0 bridgehead atoms. The van der Waals surface area contributed by atoms with Crippen molar-refractivity contribution in [3.05, 3.63) is 78.6 Å². The summed E-state index contributed by atoms with van der Waals surface area (Å²) in [6.45, 7) is 1.37. The van der Waals surface area contributed by atoms with Crippen LogP contribution >= 0.6 is 0 Å². The molecule has 3 heterocycles. The lowest BCUT2D eigenvalue weighted by Crippen LogP contribution is -2.31. The molecule has 8 heteroatoms. The molecule has 2 N–H and O–H groups in total. The number of carbonyl (C=O) groups excluding carboxylic acids is 1. The minimum atomic E-state index is -0.111. The van der Waals surface area contributed by atoms with Crippen molar-refractivity contribution in [2.75, 3.05) is 32.5 Å². The Balaban J connectivity index is 1.39. The van der Waals surface area contributed by atoms with Gasteiger partial charge in [-0.15, -0.1) is 5.10 Å². The standard InChI is InChI=1S/C25H24N6O2/c1-30(2)13-12-26-24(32)19-5-3-6-20(16-19)27-25-28-23-8-4-7-21(31(23)29-25)17-9-10-22-18(15-17)11-14-33-22/h3-11,14-16H,12-13H2,1-2H3,(H,26,32)(H,27,29). The Labute approximate surface area is 190 Å². The fourth-order valence-corrected chi connectivity index (χ4v) is 3.67. The van der Waals surface area contributed by atoms with E-state index in [4.69, 9.17) is 4.42 Å². The Kier molecular flexibility index (Phi) is 5.50. The molecule has 0 aliphatic rings. The molecule has 0 aliphatic heterocycles. The van der Waals surface area contributed by atoms with E-state index in [0.717, 1.165) is 40.1 Å². The van der Waals surface area contributed by atoms with E-state index in [1.807, 2.05) is 67.5 Å². The highest BCUT2D eigenvalue weighted by Gasteiger charge is 2.11. The number of likely N-dealkylation sites (N-methyl/N-ethyl adjacent to an activating group) is 1. The van der Waals surface area contributed by atoms with Gasteiger partial charge in [0.05, 0.1) is 12.0 Å². The summed E-state index contributed by atoms with van der Waals surface area (Å²) in [5.74, 6) is 0.345. The number of carbonyl (C=O) groups is 1. The summed E-state index contributed by atoms with van der Waals surface area (Å²) >= 11 is 0. The molecule has 8 nitrogen and oxygen atoms in total. The van der Waals surface area contributed by atoms with Crippen molar-refractivity contribution in [2.24, 2.45) is 0 Å². The van der Waals surface area contributed by atoms with Crippen molar-refractivity contribution < 1.29 is 9.21 Å². The van der Waals surface area contributed by atoms with Crippen LogP contribution in [0.4, 0.5) is 11.6 Å². The van der Waals surface area contributed by atoms with Crippen LogP contribution in [0.15, 0.2) is 77.4 Å². The summed E-state index contributed by atoms with van der Waals surface area (Å²) in [6.07, 6.45) is 1.68. The number of fused-ring (bicyclic) bond motifs is 2. The molecule has 0 saturated carbocycles. The summed E-state index contributed by atoms with van der Waals surface area (Å²) in [5.41, 5.74) is 4.83. The molecule has 0 unspecified atom stereocenters. The lowest BCUT2D eigenvalue weighted by Gasteiger charge is -2.11. The highest BCUT2D eigenvalue weighted by atomic mass is 16.3. The number of aromatic nitrogens is 3. The van der Waals surface area contributed by atoms with Crippen LogP contribution in [-0.4, -0.2) is 52.6 Å². The number of hydrogen-bond donors (Lipinski definition) is 2. The molecule has 0 aliphatic carbocycles. The second-order valence-corrected chi connectivity index (χ2v) is 8.05. The van der Waals surface area contributed by atoms with Gasteiger partial charge < -0.3 is 20.0 Å². The van der Waals surface area contributed by atoms with Gasteiger partial charge in [-0.05, 0) is 68.7 Å². The molecular formula is C25H24N6O2. The van der Waals surface area contributed by atoms with Gasteiger partial charge >= 0.3 is 0 Å². The van der Waals surface area contributed by atoms with Gasteiger partial charge in [0, 0.05) is 35.3 Å². The molecule has 0 saturated heterocycles. The van der Waals surface area contributed by atoms with E-state index in [1.165, 1.54) is 0 Å². The van der Waals surface area contributed by atoms with E-state index in [-0.39, 0.29) is 5.91 Å². The summed E-state index contributed by atoms with van der Waals surface area (Å²) in [4.78, 5) is 19.1. The van der Waals surface area contributed by atoms with Crippen LogP contribution in [-0.2, 0) is 0 Å². The Morgan fingerprint density at radius 2 is 1.94 bits per heavy atom. The number of nitrogens with zero attached hydrogens (tertiary/aromatic N) is 4. The van der Waals surface area contributed by atoms with E-state index in [9.17, 15) is 4.79 Å². The van der Waals surface area contributed by atoms with Crippen molar-refractivity contribution in [3.63, 3.8) is 0 Å². The normalized spacial score (nSPS) is 11.4. The number of nitrogens with one attached hydrogen (secondary N) is 2. The van der Waals surface area contributed by atoms with E-state index in [0.29, 0.717) is 18.1 Å². The number of furan rings is 1. The van der Waals surface area contributed by atoms with E-state index in [1.54, 1.807) is 22.9 Å². The SMILES string of the molecule is CN(C)CCNC(=O)c1cccc(Nc2nc3cccc(-c4ccc5occc5c4)n3n2)c1. The van der Waals surface area contributed by atoms with Gasteiger partial charge in [0.25, 0.3) is 5.91 Å². The minimum absolute atomic E-state index is 0.111. The van der Waals surface area contributed by atoms with Gasteiger partial charge in [-0.2, -0.15) is 4.98 Å². The number of pyridine rings is 1. The fourth-order valence-electron chi connectivity index (χ4n) is 3.67. The Morgan fingerprint density at radius 1 is 1.06 bits per heavy atom. The first kappa shape index (κ1) is 20.7. The average Bonchev–Trinajstić information content (AvgIpc) is 3.44. The van der Waals surface area contributed by atoms with Crippen LogP contribution in [0.3, 0.4) is 0 Å². The molecule has 0 atom stereocenters. The van der Waals surface area contributed by atoms with Crippen molar-refractivity contribution >= 4 is 34.2 Å². The molecule has 0 radical (unpaired) electrons. The van der Waals surface area contributed by atoms with Crippen molar-refractivity contribution in [1.29, 1.82) is 0 Å². The van der Waals surface area contributed by atoms with Gasteiger partial charge in [0.2, 0.25) is 5.95 Å². The lowest BCUT2D eigenvalue weighted by atomic mass is 10.1. The molecule has 5 rings (SSSR count). The molecule has 1 amide bonds. The summed E-state index contributed by atoms with van der Waals surface area (Å²) in [7, 11) is 3.94. The van der Waals surface area contributed by atoms with Crippen LogP contribution in [0, 0.1) is 0 Å². The zero-order valence-electron chi connectivity index (χ0n) is 18.4. The maximum Gasteiger partial charge on any atom is 0.251 e. The fraction of sp³-hybridized carbons (Fsp3) is 0.160. The second-order valence-electron chi connectivity index (χ2n) is 8.05. The van der Waals surface area contributed by atoms with Crippen LogP contribution < -0.4 is 10.6 Å². The maximum atomic E-state index is 12.4. The Bertz CT molecular complexity index is 1440. The number of rotatable bonds is 7. The molecule has 0 fully saturated rings. The zero-order valence-corrected chi connectivity index (χ0v) is 18.4. The van der Waals surface area contributed by atoms with Gasteiger partial charge in [0.1, 0.15) is 5.58 Å². The average molecular weight is 441 g/mol. The first-order chi connectivity index (χ1) is 16.1. The maximum absolute atomic E-state index is 12.4. The Hall–Kier alpha value is -4.17. The molecule has 3 aromatic heterocycles. The molecule has 33 heavy (non-hydrogen) atoms. The minimum Gasteiger partial charge on any atom is -0.464 e. The molecular weight excluding hydrogens is 416 g/mol. The summed E-state index contributed by atoms with van der Waals surface area (Å²) in [5, 5.41) is 11.8. The van der Waals surface area contributed by atoms with Gasteiger partial charge in [-0.1, -0.05) is 12.1 Å². The van der Waals surface area contributed by atoms with Gasteiger partial charge in [-0.3, -0.25) is 4.79 Å². The van der Waals surface area contributed by atoms with E-state index < -0.39 is 0 Å². The smallest absolute Gasteiger partial charge is 0.251 e. The third-order valence-electron chi connectivity index (χ3n) is 5.33. The highest BCUT2D eigenvalue weighted by Crippen LogP contribution is 2.26. The van der Waals surface area contributed by atoms with Crippen LogP contribution in [0.5, 0.6) is 0 Å². The summed E-state index contributed by atoms with van der Waals surface area (Å²) < 4.78 is 7.26. The topological polar surface area (TPSA) is 87.7 Å². The molecule has 0 spiro atoms. The van der Waals surface area contributed by atoms with Crippen LogP contribution in [0.1, 0.15) is 10.4 Å². The van der Waals surface area contributed by atoms with E-state index >= 15 is 0 Å². The van der Waals surface area contributed by atoms with Crippen molar-refractivity contribution in [1.82, 2.24) is 24.8 Å². The second kappa shape index (κ2) is 8.76. The first-order valence-corrected chi connectivity index (χ1v) is 10.7. The predicted octanol–water partition coefficient (Wildman–Crippen LogP) is 4.18. The number of anilines is 2. The third-order valence-corrected chi connectivity index (χ3v) is 5.33. The largest absolute Gasteiger partial charge is 0.464 e. The van der Waals surface area contributed by atoms with Crippen LogP contribution in [0.25, 0.3) is 27.9 Å². The van der Waals surface area contributed by atoms with Gasteiger partial charge in [0.15, 0.2) is 5.65 Å². The quantitative estimate of drug-likeness (QED) is 0.395. The number of benzene rings is 2. The Morgan fingerprint density at radius 3 is 2.82 bits per heavy atom.